The molecule has 0 aliphatic heterocycles. The van der Waals surface area contributed by atoms with Crippen molar-refractivity contribution in [1.29, 1.82) is 0 Å². The van der Waals surface area contributed by atoms with E-state index in [0.29, 0.717) is 13.2 Å². The van der Waals surface area contributed by atoms with Gasteiger partial charge in [-0.2, -0.15) is 0 Å². The minimum absolute atomic E-state index is 0.0262. The largest absolute Gasteiger partial charge is 0.497 e. The summed E-state index contributed by atoms with van der Waals surface area (Å²) in [5.41, 5.74) is 1.51. The van der Waals surface area contributed by atoms with Crippen LogP contribution in [0.4, 0.5) is 0 Å². The third kappa shape index (κ3) is 7.82. The lowest BCUT2D eigenvalue weighted by Crippen LogP contribution is -2.49. The second-order valence-corrected chi connectivity index (χ2v) is 24.0. The number of methoxy groups -OCH3 is 1. The van der Waals surface area contributed by atoms with Crippen molar-refractivity contribution >= 4 is 16.6 Å². The van der Waals surface area contributed by atoms with Gasteiger partial charge in [-0.1, -0.05) is 72.2 Å². The van der Waals surface area contributed by atoms with E-state index >= 15 is 0 Å². The van der Waals surface area contributed by atoms with E-state index in [-0.39, 0.29) is 34.6 Å². The summed E-state index contributed by atoms with van der Waals surface area (Å²) >= 11 is 0. The van der Waals surface area contributed by atoms with Crippen LogP contribution < -0.4 is 4.74 Å². The third-order valence-electron chi connectivity index (χ3n) is 9.31. The van der Waals surface area contributed by atoms with Gasteiger partial charge >= 0.3 is 0 Å². The molecule has 2 rings (SSSR count). The molecule has 1 saturated carbocycles. The van der Waals surface area contributed by atoms with Crippen molar-refractivity contribution in [1.82, 2.24) is 0 Å². The van der Waals surface area contributed by atoms with E-state index in [9.17, 15) is 5.11 Å². The topological polar surface area (TPSA) is 57.2 Å². The molecule has 0 radical (unpaired) electrons. The Balaban J connectivity index is 2.41. The van der Waals surface area contributed by atoms with Crippen molar-refractivity contribution in [2.45, 2.75) is 116 Å². The van der Waals surface area contributed by atoms with Gasteiger partial charge in [-0.3, -0.25) is 0 Å². The minimum atomic E-state index is -2.06. The molecule has 0 aromatic heterocycles. The molecule has 4 atom stereocenters. The van der Waals surface area contributed by atoms with Gasteiger partial charge in [0.1, 0.15) is 11.4 Å². The smallest absolute Gasteiger partial charge is 0.192 e. The van der Waals surface area contributed by atoms with Gasteiger partial charge < -0.3 is 23.4 Å². The zero-order chi connectivity index (χ0) is 29.2. The van der Waals surface area contributed by atoms with Crippen molar-refractivity contribution in [2.75, 3.05) is 20.3 Å². The second kappa shape index (κ2) is 12.3. The average Bonchev–Trinajstić information content (AvgIpc) is 3.05. The monoisotopic (exact) mass is 564 g/mol. The Morgan fingerprint density at radius 2 is 1.55 bits per heavy atom. The number of aliphatic hydroxyl groups is 1. The number of aliphatic hydroxyl groups excluding tert-OH is 1. The first-order valence-corrected chi connectivity index (χ1v) is 20.0. The molecule has 1 aromatic carbocycles. The van der Waals surface area contributed by atoms with Gasteiger partial charge in [0.15, 0.2) is 16.6 Å². The summed E-state index contributed by atoms with van der Waals surface area (Å²) in [5.74, 6) is 1.00. The molecule has 0 amide bonds. The number of ether oxygens (including phenoxy) is 2. The molecule has 1 aliphatic rings. The molecule has 5 nitrogen and oxygen atoms in total. The third-order valence-corrected chi connectivity index (χ3v) is 18.3. The molecule has 7 heteroatoms. The van der Waals surface area contributed by atoms with E-state index < -0.39 is 22.2 Å². The predicted octanol–water partition coefficient (Wildman–Crippen LogP) is 7.96. The first kappa shape index (κ1) is 33.2. The van der Waals surface area contributed by atoms with Gasteiger partial charge in [-0.15, -0.1) is 0 Å². The first-order chi connectivity index (χ1) is 17.3. The molecular weight excluding hydrogens is 509 g/mol. The molecule has 1 fully saturated rings. The lowest BCUT2D eigenvalue weighted by atomic mass is 9.88. The molecule has 1 aliphatic carbocycles. The SMILES string of the molecule is COc1ccc(CO[C@]2(CO)C[C@H](C)[C@@H](O[Si](C)(C)C(C)(C)C)[C@@H]2/C=C(\C)CO[Si](C)(C)C(C)(C)C)cc1. The summed E-state index contributed by atoms with van der Waals surface area (Å²) in [7, 11) is -2.27. The van der Waals surface area contributed by atoms with Gasteiger partial charge in [0.25, 0.3) is 0 Å². The minimum Gasteiger partial charge on any atom is -0.497 e. The maximum absolute atomic E-state index is 10.9. The number of hydrogen-bond acceptors (Lipinski definition) is 5. The fourth-order valence-electron chi connectivity index (χ4n) is 4.59. The molecule has 0 saturated heterocycles. The van der Waals surface area contributed by atoms with Crippen LogP contribution in [0.1, 0.15) is 67.4 Å². The molecule has 0 bridgehead atoms. The Hall–Kier alpha value is -0.966. The van der Waals surface area contributed by atoms with Crippen molar-refractivity contribution in [3.8, 4) is 5.75 Å². The van der Waals surface area contributed by atoms with Crippen LogP contribution in [0.3, 0.4) is 0 Å². The maximum Gasteiger partial charge on any atom is 0.192 e. The highest BCUT2D eigenvalue weighted by Gasteiger charge is 2.55. The molecule has 38 heavy (non-hydrogen) atoms. The van der Waals surface area contributed by atoms with Gasteiger partial charge in [-0.05, 0) is 73.2 Å². The van der Waals surface area contributed by atoms with E-state index in [0.717, 1.165) is 17.7 Å². The standard InChI is InChI=1S/C31H56O5Si2/c1-23(20-35-37(10,11)29(3,4)5)18-27-28(36-38(12,13)30(6,7)8)24(2)19-31(27,22-32)34-21-25-14-16-26(33-9)17-15-25/h14-18,24,27-28,32H,19-22H2,1-13H3/b23-18+/t24-,27-,28+,31-/m0/s1. The number of hydrogen-bond donors (Lipinski definition) is 1. The summed E-state index contributed by atoms with van der Waals surface area (Å²) in [6.45, 7) is 28.2. The van der Waals surface area contributed by atoms with Crippen molar-refractivity contribution < 1.29 is 23.4 Å². The quantitative estimate of drug-likeness (QED) is 0.218. The number of rotatable bonds is 11. The fourth-order valence-corrected chi connectivity index (χ4v) is 7.02. The van der Waals surface area contributed by atoms with E-state index in [1.54, 1.807) is 7.11 Å². The highest BCUT2D eigenvalue weighted by atomic mass is 28.4. The zero-order valence-electron chi connectivity index (χ0n) is 26.5. The Labute approximate surface area is 235 Å². The summed E-state index contributed by atoms with van der Waals surface area (Å²) in [4.78, 5) is 0. The Morgan fingerprint density at radius 3 is 2.03 bits per heavy atom. The second-order valence-electron chi connectivity index (χ2n) is 14.5. The Morgan fingerprint density at radius 1 is 1.00 bits per heavy atom. The van der Waals surface area contributed by atoms with E-state index in [2.05, 4.69) is 87.7 Å². The van der Waals surface area contributed by atoms with E-state index in [4.69, 9.17) is 18.3 Å². The van der Waals surface area contributed by atoms with E-state index in [1.807, 2.05) is 24.3 Å². The first-order valence-electron chi connectivity index (χ1n) is 14.2. The molecule has 0 spiro atoms. The Kier molecular flexibility index (Phi) is 10.7. The summed E-state index contributed by atoms with van der Waals surface area (Å²) in [6.07, 6.45) is 3.01. The summed E-state index contributed by atoms with van der Waals surface area (Å²) in [6, 6.07) is 7.94. The molecule has 0 unspecified atom stereocenters. The van der Waals surface area contributed by atoms with Crippen LogP contribution in [0.15, 0.2) is 35.9 Å². The Bertz CT molecular complexity index is 927. The van der Waals surface area contributed by atoms with Gasteiger partial charge in [0.2, 0.25) is 0 Å². The van der Waals surface area contributed by atoms with Crippen molar-refractivity contribution in [2.24, 2.45) is 11.8 Å². The van der Waals surface area contributed by atoms with Gasteiger partial charge in [0.05, 0.1) is 33.0 Å². The zero-order valence-corrected chi connectivity index (χ0v) is 28.5. The van der Waals surface area contributed by atoms with Crippen molar-refractivity contribution in [3.05, 3.63) is 41.5 Å². The molecule has 1 N–H and O–H groups in total. The number of benzene rings is 1. The van der Waals surface area contributed by atoms with Crippen LogP contribution in [0.2, 0.25) is 36.3 Å². The molecule has 1 aromatic rings. The molecular formula is C31H56O5Si2. The summed E-state index contributed by atoms with van der Waals surface area (Å²) < 4.78 is 25.6. The van der Waals surface area contributed by atoms with Crippen LogP contribution >= 0.6 is 0 Å². The van der Waals surface area contributed by atoms with Gasteiger partial charge in [0, 0.05) is 5.92 Å². The van der Waals surface area contributed by atoms with Crippen LogP contribution in [0.25, 0.3) is 0 Å². The van der Waals surface area contributed by atoms with Crippen LogP contribution in [-0.4, -0.2) is 53.8 Å². The van der Waals surface area contributed by atoms with Crippen molar-refractivity contribution in [3.63, 3.8) is 0 Å². The van der Waals surface area contributed by atoms with Crippen LogP contribution in [0.5, 0.6) is 5.75 Å². The molecule has 0 heterocycles. The lowest BCUT2D eigenvalue weighted by molar-refractivity contribution is -0.111. The highest BCUT2D eigenvalue weighted by Crippen LogP contribution is 2.49. The molecule has 218 valence electrons. The van der Waals surface area contributed by atoms with Crippen LogP contribution in [-0.2, 0) is 20.2 Å². The van der Waals surface area contributed by atoms with Crippen LogP contribution in [0, 0.1) is 11.8 Å². The fraction of sp³-hybridized carbons (Fsp3) is 0.742. The highest BCUT2D eigenvalue weighted by molar-refractivity contribution is 6.74. The summed E-state index contributed by atoms with van der Waals surface area (Å²) in [5, 5.41) is 11.1. The average molecular weight is 565 g/mol. The van der Waals surface area contributed by atoms with E-state index in [1.165, 1.54) is 5.57 Å². The maximum atomic E-state index is 10.9. The van der Waals surface area contributed by atoms with Gasteiger partial charge in [-0.25, -0.2) is 0 Å². The predicted molar refractivity (Wildman–Crippen MR) is 164 cm³/mol. The lowest BCUT2D eigenvalue weighted by Gasteiger charge is -2.42. The normalized spacial score (nSPS) is 25.6.